The highest BCUT2D eigenvalue weighted by Gasteiger charge is 2.10. The molecule has 0 aliphatic heterocycles. The van der Waals surface area contributed by atoms with Gasteiger partial charge in [-0.3, -0.25) is 0 Å². The minimum Gasteiger partial charge on any atom is -0.184 e. The summed E-state index contributed by atoms with van der Waals surface area (Å²) in [6.45, 7) is 2.07. The smallest absolute Gasteiger partial charge is 0.184 e. The Kier molecular flexibility index (Phi) is 3.11. The summed E-state index contributed by atoms with van der Waals surface area (Å²) in [6, 6.07) is 3.99. The van der Waals surface area contributed by atoms with Crippen LogP contribution in [0.4, 0.5) is 0 Å². The summed E-state index contributed by atoms with van der Waals surface area (Å²) in [7, 11) is 0. The van der Waals surface area contributed by atoms with Crippen LogP contribution in [0.3, 0.4) is 0 Å². The lowest BCUT2D eigenvalue weighted by Crippen LogP contribution is -1.89. The number of nitrogens with zero attached hydrogens (tertiary/aromatic N) is 6. The molecule has 0 saturated heterocycles. The summed E-state index contributed by atoms with van der Waals surface area (Å²) in [5, 5.41) is 19.5. The Labute approximate surface area is 111 Å². The minimum absolute atomic E-state index is 0.624. The first kappa shape index (κ1) is 11.4. The molecule has 6 nitrogen and oxygen atoms in total. The number of thiophene rings is 1. The van der Waals surface area contributed by atoms with Crippen molar-refractivity contribution in [2.75, 3.05) is 5.75 Å². The third kappa shape index (κ3) is 2.04. The van der Waals surface area contributed by atoms with E-state index >= 15 is 0 Å². The van der Waals surface area contributed by atoms with Crippen LogP contribution in [-0.2, 0) is 0 Å². The Hall–Kier alpha value is -1.67. The lowest BCUT2D eigenvalue weighted by atomic mass is 10.5. The second kappa shape index (κ2) is 4.91. The molecule has 3 rings (SSSR count). The number of fused-ring (bicyclic) bond motifs is 1. The van der Waals surface area contributed by atoms with Crippen molar-refractivity contribution < 1.29 is 0 Å². The van der Waals surface area contributed by atoms with Crippen molar-refractivity contribution in [3.63, 3.8) is 0 Å². The number of rotatable bonds is 4. The zero-order valence-electron chi connectivity index (χ0n) is 9.59. The van der Waals surface area contributed by atoms with Gasteiger partial charge in [0.15, 0.2) is 0 Å². The van der Waals surface area contributed by atoms with Crippen molar-refractivity contribution in [3.8, 4) is 0 Å². The first-order chi connectivity index (χ1) is 8.88. The number of aromatic nitrogens is 5. The molecular weight excluding hydrogens is 268 g/mol. The summed E-state index contributed by atoms with van der Waals surface area (Å²) >= 11 is 3.24. The third-order valence-electron chi connectivity index (χ3n) is 2.20. The quantitative estimate of drug-likeness (QED) is 0.541. The molecule has 8 heteroatoms. The third-order valence-corrected chi connectivity index (χ3v) is 3.81. The van der Waals surface area contributed by atoms with Gasteiger partial charge in [0, 0.05) is 4.88 Å². The van der Waals surface area contributed by atoms with Crippen molar-refractivity contribution in [1.82, 2.24) is 24.5 Å². The summed E-state index contributed by atoms with van der Waals surface area (Å²) in [5.74, 6) is 1.56. The highest BCUT2D eigenvalue weighted by molar-refractivity contribution is 7.99. The highest BCUT2D eigenvalue weighted by atomic mass is 32.2. The topological polar surface area (TPSA) is 60.4 Å². The maximum atomic E-state index is 4.32. The van der Waals surface area contributed by atoms with Crippen molar-refractivity contribution in [3.05, 3.63) is 28.7 Å². The van der Waals surface area contributed by atoms with Gasteiger partial charge >= 0.3 is 0 Å². The van der Waals surface area contributed by atoms with Gasteiger partial charge in [-0.1, -0.05) is 24.8 Å². The largest absolute Gasteiger partial charge is 0.275 e. The molecule has 0 spiro atoms. The van der Waals surface area contributed by atoms with Gasteiger partial charge < -0.3 is 0 Å². The molecule has 0 N–H and O–H groups in total. The maximum Gasteiger partial charge on any atom is 0.275 e. The van der Waals surface area contributed by atoms with Crippen molar-refractivity contribution in [2.24, 2.45) is 5.10 Å². The van der Waals surface area contributed by atoms with Gasteiger partial charge in [-0.2, -0.15) is 19.4 Å². The standard InChI is InChI=1S/C10H10N6S2/c1-2-17-10-14-13-9-15(7-12-16(9)10)11-6-8-4-3-5-18-8/h3-7H,2H2,1H3/b11-6+. The molecule has 0 bridgehead atoms. The number of hydrogen-bond donors (Lipinski definition) is 0. The van der Waals surface area contributed by atoms with E-state index in [1.807, 2.05) is 17.5 Å². The minimum atomic E-state index is 0.624. The molecule has 0 amide bonds. The molecule has 3 heterocycles. The summed E-state index contributed by atoms with van der Waals surface area (Å²) in [6.07, 6.45) is 3.42. The molecule has 0 saturated carbocycles. The van der Waals surface area contributed by atoms with Gasteiger partial charge in [-0.05, 0) is 17.2 Å². The van der Waals surface area contributed by atoms with Gasteiger partial charge in [-0.25, -0.2) is 0 Å². The predicted molar refractivity (Wildman–Crippen MR) is 72.5 cm³/mol. The fourth-order valence-corrected chi connectivity index (χ4v) is 2.63. The van der Waals surface area contributed by atoms with Crippen LogP contribution < -0.4 is 0 Å². The van der Waals surface area contributed by atoms with E-state index in [0.29, 0.717) is 5.78 Å². The first-order valence-corrected chi connectivity index (χ1v) is 7.24. The van der Waals surface area contributed by atoms with Gasteiger partial charge in [0.25, 0.3) is 5.78 Å². The Morgan fingerprint density at radius 1 is 1.50 bits per heavy atom. The fraction of sp³-hybridized carbons (Fsp3) is 0.200. The van der Waals surface area contributed by atoms with E-state index in [0.717, 1.165) is 15.8 Å². The molecule has 3 aromatic heterocycles. The zero-order valence-corrected chi connectivity index (χ0v) is 11.2. The van der Waals surface area contributed by atoms with Gasteiger partial charge in [0.2, 0.25) is 5.16 Å². The molecule has 0 atom stereocenters. The van der Waals surface area contributed by atoms with E-state index in [9.17, 15) is 0 Å². The predicted octanol–water partition coefficient (Wildman–Crippen LogP) is 1.98. The molecule has 0 radical (unpaired) electrons. The molecule has 92 valence electrons. The summed E-state index contributed by atoms with van der Waals surface area (Å²) < 4.78 is 3.31. The van der Waals surface area contributed by atoms with Crippen molar-refractivity contribution in [1.29, 1.82) is 0 Å². The molecule has 3 aromatic rings. The van der Waals surface area contributed by atoms with E-state index in [1.54, 1.807) is 44.8 Å². The second-order valence-electron chi connectivity index (χ2n) is 3.36. The second-order valence-corrected chi connectivity index (χ2v) is 5.57. The van der Waals surface area contributed by atoms with Crippen LogP contribution in [0.2, 0.25) is 0 Å². The van der Waals surface area contributed by atoms with E-state index in [4.69, 9.17) is 0 Å². The fourth-order valence-electron chi connectivity index (χ4n) is 1.44. The van der Waals surface area contributed by atoms with Gasteiger partial charge in [0.1, 0.15) is 6.33 Å². The number of thioether (sulfide) groups is 1. The Morgan fingerprint density at radius 3 is 3.22 bits per heavy atom. The van der Waals surface area contributed by atoms with Crippen LogP contribution in [-0.4, -0.2) is 36.5 Å². The van der Waals surface area contributed by atoms with E-state index in [2.05, 4.69) is 27.3 Å². The van der Waals surface area contributed by atoms with Crippen LogP contribution in [0, 0.1) is 0 Å². The molecular formula is C10H10N6S2. The SMILES string of the molecule is CCSc1nnc2n(/N=C/c3cccs3)cnn12. The van der Waals surface area contributed by atoms with Gasteiger partial charge in [0.05, 0.1) is 6.21 Å². The Morgan fingerprint density at radius 2 is 2.44 bits per heavy atom. The zero-order chi connectivity index (χ0) is 12.4. The molecule has 0 unspecified atom stereocenters. The monoisotopic (exact) mass is 278 g/mol. The summed E-state index contributed by atoms with van der Waals surface area (Å²) in [4.78, 5) is 1.09. The lowest BCUT2D eigenvalue weighted by molar-refractivity contribution is 0.816. The lowest BCUT2D eigenvalue weighted by Gasteiger charge is -1.89. The molecule has 0 aliphatic rings. The average molecular weight is 278 g/mol. The van der Waals surface area contributed by atoms with E-state index in [1.165, 1.54) is 0 Å². The molecule has 18 heavy (non-hydrogen) atoms. The first-order valence-electron chi connectivity index (χ1n) is 5.38. The summed E-state index contributed by atoms with van der Waals surface area (Å²) in [5.41, 5.74) is 0. The average Bonchev–Trinajstić information content (AvgIpc) is 3.05. The van der Waals surface area contributed by atoms with Crippen molar-refractivity contribution >= 4 is 35.1 Å². The highest BCUT2D eigenvalue weighted by Crippen LogP contribution is 2.15. The van der Waals surface area contributed by atoms with Crippen LogP contribution >= 0.6 is 23.1 Å². The van der Waals surface area contributed by atoms with Crippen molar-refractivity contribution in [2.45, 2.75) is 12.1 Å². The molecule has 0 fully saturated rings. The maximum absolute atomic E-state index is 4.32. The van der Waals surface area contributed by atoms with Crippen LogP contribution in [0.25, 0.3) is 5.78 Å². The van der Waals surface area contributed by atoms with Crippen LogP contribution in [0.5, 0.6) is 0 Å². The van der Waals surface area contributed by atoms with E-state index < -0.39 is 0 Å². The Bertz CT molecular complexity index is 666. The van der Waals surface area contributed by atoms with E-state index in [-0.39, 0.29) is 0 Å². The molecule has 0 aromatic carbocycles. The molecule has 0 aliphatic carbocycles. The van der Waals surface area contributed by atoms with Gasteiger partial charge in [-0.15, -0.1) is 21.5 Å². The normalized spacial score (nSPS) is 11.8. The number of hydrogen-bond acceptors (Lipinski definition) is 6. The van der Waals surface area contributed by atoms with Crippen LogP contribution in [0.1, 0.15) is 11.8 Å². The van der Waals surface area contributed by atoms with Crippen LogP contribution in [0.15, 0.2) is 34.1 Å². The Balaban J connectivity index is 1.93.